The van der Waals surface area contributed by atoms with Crippen LogP contribution in [0, 0.1) is 23.2 Å². The van der Waals surface area contributed by atoms with Crippen LogP contribution in [0.5, 0.6) is 0 Å². The lowest BCUT2D eigenvalue weighted by molar-refractivity contribution is -0.0307. The number of hydrogen-bond donors (Lipinski definition) is 1. The lowest BCUT2D eigenvalue weighted by Gasteiger charge is -2.57. The van der Waals surface area contributed by atoms with Gasteiger partial charge in [-0.05, 0) is 61.7 Å². The third-order valence-electron chi connectivity index (χ3n) is 5.03. The fraction of sp³-hybridized carbons (Fsp3) is 0.846. The van der Waals surface area contributed by atoms with Crippen molar-refractivity contribution in [2.75, 3.05) is 6.54 Å². The molecule has 4 rings (SSSR count). The molecule has 4 aliphatic carbocycles. The topological polar surface area (TPSA) is 26.0 Å². The van der Waals surface area contributed by atoms with Crippen molar-refractivity contribution in [3.63, 3.8) is 0 Å². The largest absolute Gasteiger partial charge is 0.327 e. The van der Waals surface area contributed by atoms with Crippen molar-refractivity contribution < 1.29 is 0 Å². The van der Waals surface area contributed by atoms with Crippen LogP contribution in [0.1, 0.15) is 38.5 Å². The minimum absolute atomic E-state index is 0.490. The molecule has 2 N–H and O–H groups in total. The summed E-state index contributed by atoms with van der Waals surface area (Å²) >= 11 is 0. The van der Waals surface area contributed by atoms with E-state index in [1.165, 1.54) is 44.1 Å². The summed E-state index contributed by atoms with van der Waals surface area (Å²) in [6.45, 7) is 4.95. The Balaban J connectivity index is 1.91. The highest BCUT2D eigenvalue weighted by Gasteiger charge is 2.51. The van der Waals surface area contributed by atoms with Crippen LogP contribution >= 0.6 is 0 Å². The normalized spacial score (nSPS) is 49.6. The average molecular weight is 191 g/mol. The summed E-state index contributed by atoms with van der Waals surface area (Å²) in [5.41, 5.74) is 7.64. The van der Waals surface area contributed by atoms with E-state index in [-0.39, 0.29) is 0 Å². The monoisotopic (exact) mass is 191 g/mol. The molecule has 0 spiro atoms. The van der Waals surface area contributed by atoms with Gasteiger partial charge in [0.15, 0.2) is 0 Å². The van der Waals surface area contributed by atoms with Crippen LogP contribution in [0.25, 0.3) is 0 Å². The number of rotatable bonds is 2. The molecule has 14 heavy (non-hydrogen) atoms. The van der Waals surface area contributed by atoms with Crippen molar-refractivity contribution in [3.05, 3.63) is 12.2 Å². The Kier molecular flexibility index (Phi) is 1.82. The van der Waals surface area contributed by atoms with Gasteiger partial charge in [0.1, 0.15) is 0 Å². The molecule has 4 fully saturated rings. The second-order valence-electron chi connectivity index (χ2n) is 6.01. The van der Waals surface area contributed by atoms with Crippen molar-refractivity contribution in [2.24, 2.45) is 28.9 Å². The summed E-state index contributed by atoms with van der Waals surface area (Å²) in [4.78, 5) is 0. The van der Waals surface area contributed by atoms with E-state index in [4.69, 9.17) is 5.73 Å². The first-order chi connectivity index (χ1) is 6.72. The number of hydrogen-bond acceptors (Lipinski definition) is 1. The van der Waals surface area contributed by atoms with E-state index < -0.39 is 0 Å². The summed E-state index contributed by atoms with van der Waals surface area (Å²) in [6.07, 6.45) is 8.77. The third-order valence-corrected chi connectivity index (χ3v) is 5.03. The van der Waals surface area contributed by atoms with Crippen molar-refractivity contribution in [3.8, 4) is 0 Å². The van der Waals surface area contributed by atoms with Gasteiger partial charge in [-0.3, -0.25) is 0 Å². The molecule has 4 aliphatic rings. The van der Waals surface area contributed by atoms with E-state index in [0.717, 1.165) is 17.8 Å². The van der Waals surface area contributed by atoms with E-state index in [1.807, 2.05) is 0 Å². The Bertz CT molecular complexity index is 231. The molecule has 0 saturated heterocycles. The maximum absolute atomic E-state index is 5.79. The van der Waals surface area contributed by atoms with E-state index >= 15 is 0 Å². The molecule has 1 heteroatoms. The zero-order chi connectivity index (χ0) is 9.76. The van der Waals surface area contributed by atoms with Crippen molar-refractivity contribution in [2.45, 2.75) is 38.5 Å². The van der Waals surface area contributed by atoms with Gasteiger partial charge in [0.25, 0.3) is 0 Å². The molecular formula is C13H21N. The van der Waals surface area contributed by atoms with Crippen molar-refractivity contribution >= 4 is 0 Å². The molecular weight excluding hydrogens is 170 g/mol. The van der Waals surface area contributed by atoms with E-state index in [1.54, 1.807) is 0 Å². The van der Waals surface area contributed by atoms with Crippen LogP contribution in [0.4, 0.5) is 0 Å². The average Bonchev–Trinajstić information content (AvgIpc) is 2.14. The Morgan fingerprint density at radius 1 is 1.07 bits per heavy atom. The minimum atomic E-state index is 0.490. The number of nitrogens with two attached hydrogens (primary N) is 1. The first-order valence-corrected chi connectivity index (χ1v) is 6.10. The predicted octanol–water partition coefficient (Wildman–Crippen LogP) is 2.72. The molecule has 1 nitrogen and oxygen atoms in total. The van der Waals surface area contributed by atoms with Gasteiger partial charge in [0.2, 0.25) is 0 Å². The highest BCUT2D eigenvalue weighted by molar-refractivity contribution is 5.18. The lowest BCUT2D eigenvalue weighted by Crippen LogP contribution is -2.47. The molecule has 0 radical (unpaired) electrons. The lowest BCUT2D eigenvalue weighted by atomic mass is 9.48. The van der Waals surface area contributed by atoms with Crippen LogP contribution in [0.15, 0.2) is 12.2 Å². The summed E-state index contributed by atoms with van der Waals surface area (Å²) < 4.78 is 0. The maximum atomic E-state index is 5.79. The fourth-order valence-electron chi connectivity index (χ4n) is 4.76. The molecule has 0 unspecified atom stereocenters. The smallest absolute Gasteiger partial charge is 0.0139 e. The molecule has 4 bridgehead atoms. The van der Waals surface area contributed by atoms with E-state index in [9.17, 15) is 0 Å². The standard InChI is InChI=1S/C13H21N/c1-9(8-14)13-5-10-2-11(6-13)4-12(3-10)7-13/h10-12H,1-8,14H2. The van der Waals surface area contributed by atoms with Gasteiger partial charge in [0.05, 0.1) is 0 Å². The zero-order valence-electron chi connectivity index (χ0n) is 8.97. The summed E-state index contributed by atoms with van der Waals surface area (Å²) in [7, 11) is 0. The van der Waals surface area contributed by atoms with E-state index in [2.05, 4.69) is 6.58 Å². The van der Waals surface area contributed by atoms with Gasteiger partial charge in [-0.2, -0.15) is 0 Å². The Morgan fingerprint density at radius 2 is 1.50 bits per heavy atom. The van der Waals surface area contributed by atoms with Gasteiger partial charge in [0, 0.05) is 6.54 Å². The molecule has 0 aromatic rings. The highest BCUT2D eigenvalue weighted by atomic mass is 14.6. The molecule has 0 aliphatic heterocycles. The van der Waals surface area contributed by atoms with Crippen LogP contribution in [-0.4, -0.2) is 6.54 Å². The quantitative estimate of drug-likeness (QED) is 0.667. The van der Waals surface area contributed by atoms with Crippen LogP contribution in [0.3, 0.4) is 0 Å². The van der Waals surface area contributed by atoms with Gasteiger partial charge in [-0.1, -0.05) is 12.2 Å². The van der Waals surface area contributed by atoms with Gasteiger partial charge in [-0.25, -0.2) is 0 Å². The molecule has 0 heterocycles. The fourth-order valence-corrected chi connectivity index (χ4v) is 4.76. The predicted molar refractivity (Wildman–Crippen MR) is 58.8 cm³/mol. The Hall–Kier alpha value is -0.300. The molecule has 4 saturated carbocycles. The molecule has 0 atom stereocenters. The highest BCUT2D eigenvalue weighted by Crippen LogP contribution is 2.62. The van der Waals surface area contributed by atoms with Crippen LogP contribution in [0.2, 0.25) is 0 Å². The third kappa shape index (κ3) is 1.11. The molecule has 0 aromatic heterocycles. The first-order valence-electron chi connectivity index (χ1n) is 6.10. The van der Waals surface area contributed by atoms with Gasteiger partial charge < -0.3 is 5.73 Å². The maximum Gasteiger partial charge on any atom is 0.0139 e. The SMILES string of the molecule is C=C(CN)C12CC3CC(CC(C3)C1)C2. The van der Waals surface area contributed by atoms with Crippen LogP contribution < -0.4 is 5.73 Å². The summed E-state index contributed by atoms with van der Waals surface area (Å²) in [6, 6.07) is 0. The van der Waals surface area contributed by atoms with Crippen molar-refractivity contribution in [1.82, 2.24) is 0 Å². The summed E-state index contributed by atoms with van der Waals surface area (Å²) in [5.74, 6) is 3.05. The second-order valence-corrected chi connectivity index (χ2v) is 6.01. The van der Waals surface area contributed by atoms with Gasteiger partial charge in [-0.15, -0.1) is 0 Å². The van der Waals surface area contributed by atoms with Crippen molar-refractivity contribution in [1.29, 1.82) is 0 Å². The summed E-state index contributed by atoms with van der Waals surface area (Å²) in [5, 5.41) is 0. The minimum Gasteiger partial charge on any atom is -0.327 e. The Morgan fingerprint density at radius 3 is 1.86 bits per heavy atom. The molecule has 0 amide bonds. The molecule has 0 aromatic carbocycles. The Labute approximate surface area is 86.8 Å². The first kappa shape index (κ1) is 8.96. The second kappa shape index (κ2) is 2.85. The van der Waals surface area contributed by atoms with Gasteiger partial charge >= 0.3 is 0 Å². The van der Waals surface area contributed by atoms with Crippen LogP contribution in [-0.2, 0) is 0 Å². The zero-order valence-corrected chi connectivity index (χ0v) is 8.97. The van der Waals surface area contributed by atoms with E-state index in [0.29, 0.717) is 12.0 Å². The molecule has 78 valence electrons.